The van der Waals surface area contributed by atoms with Crippen LogP contribution in [0.2, 0.25) is 5.02 Å². The Kier molecular flexibility index (Phi) is 4.10. The lowest BCUT2D eigenvalue weighted by molar-refractivity contribution is 0.0920. The third-order valence-electron chi connectivity index (χ3n) is 3.51. The summed E-state index contributed by atoms with van der Waals surface area (Å²) >= 11 is 7.79. The van der Waals surface area contributed by atoms with Gasteiger partial charge in [0.25, 0.3) is 5.91 Å². The number of nitrogens with one attached hydrogen (secondary N) is 1. The van der Waals surface area contributed by atoms with E-state index in [1.807, 2.05) is 18.2 Å². The van der Waals surface area contributed by atoms with Gasteiger partial charge in [0.15, 0.2) is 5.69 Å². The summed E-state index contributed by atoms with van der Waals surface area (Å²) in [4.78, 5) is 12.3. The third kappa shape index (κ3) is 2.82. The average molecular weight is 333 g/mol. The van der Waals surface area contributed by atoms with Crippen molar-refractivity contribution < 1.29 is 4.79 Å². The highest BCUT2D eigenvalue weighted by Crippen LogP contribution is 2.27. The monoisotopic (exact) mass is 332 g/mol. The number of amides is 1. The van der Waals surface area contributed by atoms with E-state index in [4.69, 9.17) is 11.6 Å². The quantitative estimate of drug-likeness (QED) is 0.938. The second-order valence-corrected chi connectivity index (χ2v) is 6.56. The number of thioether (sulfide) groups is 1. The summed E-state index contributed by atoms with van der Waals surface area (Å²) in [5.41, 5.74) is 0.191. The van der Waals surface area contributed by atoms with Crippen molar-refractivity contribution >= 4 is 29.3 Å². The average Bonchev–Trinajstić information content (AvgIpc) is 3.17. The van der Waals surface area contributed by atoms with Crippen LogP contribution in [0.5, 0.6) is 0 Å². The van der Waals surface area contributed by atoms with Crippen molar-refractivity contribution in [3.63, 3.8) is 0 Å². The van der Waals surface area contributed by atoms with Gasteiger partial charge in [0.05, 0.1) is 16.8 Å². The minimum absolute atomic E-state index is 0.270. The van der Waals surface area contributed by atoms with Crippen LogP contribution in [0, 0.1) is 11.3 Å². The molecule has 7 heteroatoms. The molecule has 0 unspecified atom stereocenters. The normalized spacial score (nSPS) is 20.5. The van der Waals surface area contributed by atoms with Gasteiger partial charge in [-0.25, -0.2) is 4.68 Å². The second kappa shape index (κ2) is 6.03. The maximum Gasteiger partial charge on any atom is 0.273 e. The van der Waals surface area contributed by atoms with Crippen molar-refractivity contribution in [1.29, 1.82) is 5.26 Å². The molecular formula is C15H13ClN4OS. The van der Waals surface area contributed by atoms with E-state index in [1.54, 1.807) is 34.8 Å². The molecule has 2 aromatic rings. The number of hydrogen-bond donors (Lipinski definition) is 1. The van der Waals surface area contributed by atoms with Crippen LogP contribution in [-0.4, -0.2) is 32.7 Å². The Balaban J connectivity index is 1.81. The highest BCUT2D eigenvalue weighted by molar-refractivity contribution is 7.99. The van der Waals surface area contributed by atoms with E-state index >= 15 is 0 Å². The Morgan fingerprint density at radius 2 is 2.27 bits per heavy atom. The van der Waals surface area contributed by atoms with Gasteiger partial charge in [-0.3, -0.25) is 4.79 Å². The lowest BCUT2D eigenvalue weighted by atomic mass is 10.0. The van der Waals surface area contributed by atoms with Gasteiger partial charge in [-0.05, 0) is 30.4 Å². The Hall–Kier alpha value is -1.97. The van der Waals surface area contributed by atoms with Crippen LogP contribution in [-0.2, 0) is 0 Å². The summed E-state index contributed by atoms with van der Waals surface area (Å²) in [5.74, 6) is 1.15. The fraction of sp³-hybridized carbons (Fsp3) is 0.267. The summed E-state index contributed by atoms with van der Waals surface area (Å²) < 4.78 is 1.56. The molecule has 1 atom stereocenters. The molecule has 0 radical (unpaired) electrons. The van der Waals surface area contributed by atoms with Gasteiger partial charge in [-0.15, -0.1) is 0 Å². The van der Waals surface area contributed by atoms with Gasteiger partial charge in [0, 0.05) is 11.9 Å². The Bertz CT molecular complexity index is 746. The molecule has 1 aromatic carbocycles. The minimum atomic E-state index is -0.782. The number of benzene rings is 1. The molecule has 22 heavy (non-hydrogen) atoms. The lowest BCUT2D eigenvalue weighted by Gasteiger charge is -2.20. The summed E-state index contributed by atoms with van der Waals surface area (Å²) in [6, 6.07) is 11.1. The molecule has 1 aliphatic heterocycles. The Morgan fingerprint density at radius 3 is 2.95 bits per heavy atom. The fourth-order valence-electron chi connectivity index (χ4n) is 2.28. The van der Waals surface area contributed by atoms with Crippen LogP contribution < -0.4 is 5.32 Å². The number of carbonyl (C=O) groups is 1. The van der Waals surface area contributed by atoms with Gasteiger partial charge in [0.1, 0.15) is 5.54 Å². The fourth-order valence-corrected chi connectivity index (χ4v) is 3.77. The zero-order valence-corrected chi connectivity index (χ0v) is 13.2. The number of nitriles is 1. The van der Waals surface area contributed by atoms with Crippen LogP contribution in [0.15, 0.2) is 36.5 Å². The van der Waals surface area contributed by atoms with Crippen LogP contribution in [0.3, 0.4) is 0 Å². The first-order chi connectivity index (χ1) is 10.6. The van der Waals surface area contributed by atoms with Gasteiger partial charge in [-0.1, -0.05) is 23.7 Å². The third-order valence-corrected chi connectivity index (χ3v) is 5.02. The number of rotatable bonds is 3. The molecule has 0 bridgehead atoms. The molecule has 5 nitrogen and oxygen atoms in total. The molecular weight excluding hydrogens is 320 g/mol. The maximum absolute atomic E-state index is 12.3. The van der Waals surface area contributed by atoms with E-state index in [9.17, 15) is 10.1 Å². The molecule has 1 aromatic heterocycles. The summed E-state index contributed by atoms with van der Waals surface area (Å²) in [6.45, 7) is 0. The standard InChI is InChI=1S/C15H13ClN4OS/c16-11-3-1-2-4-13(11)20-7-5-12(19-20)14(21)18-15(9-17)6-8-22-10-15/h1-5,7H,6,8,10H2,(H,18,21)/t15-/m0/s1. The van der Waals surface area contributed by atoms with Gasteiger partial charge in [-0.2, -0.15) is 22.1 Å². The molecule has 1 aliphatic rings. The number of halogens is 1. The Morgan fingerprint density at radius 1 is 1.45 bits per heavy atom. The topological polar surface area (TPSA) is 70.7 Å². The molecule has 1 N–H and O–H groups in total. The molecule has 0 spiro atoms. The minimum Gasteiger partial charge on any atom is -0.332 e. The first-order valence-electron chi connectivity index (χ1n) is 6.76. The molecule has 0 saturated carbocycles. The van der Waals surface area contributed by atoms with Gasteiger partial charge < -0.3 is 5.32 Å². The number of hydrogen-bond acceptors (Lipinski definition) is 4. The number of aromatic nitrogens is 2. The highest BCUT2D eigenvalue weighted by atomic mass is 35.5. The predicted octanol–water partition coefficient (Wildman–Crippen LogP) is 2.65. The van der Waals surface area contributed by atoms with Crippen molar-refractivity contribution in [2.45, 2.75) is 12.0 Å². The molecule has 0 aliphatic carbocycles. The second-order valence-electron chi connectivity index (χ2n) is 5.05. The van der Waals surface area contributed by atoms with E-state index in [1.165, 1.54) is 0 Å². The van der Waals surface area contributed by atoms with Crippen molar-refractivity contribution in [1.82, 2.24) is 15.1 Å². The van der Waals surface area contributed by atoms with Gasteiger partial charge >= 0.3 is 0 Å². The number of para-hydroxylation sites is 1. The van der Waals surface area contributed by atoms with Crippen molar-refractivity contribution in [3.8, 4) is 11.8 Å². The SMILES string of the molecule is N#C[C@@]1(NC(=O)c2ccn(-c3ccccc3Cl)n2)CCSC1. The molecule has 1 saturated heterocycles. The molecule has 112 valence electrons. The van der Waals surface area contributed by atoms with Crippen molar-refractivity contribution in [2.75, 3.05) is 11.5 Å². The van der Waals surface area contributed by atoms with E-state index in [2.05, 4.69) is 16.5 Å². The summed E-state index contributed by atoms with van der Waals surface area (Å²) in [7, 11) is 0. The lowest BCUT2D eigenvalue weighted by Crippen LogP contribution is -2.47. The zero-order valence-electron chi connectivity index (χ0n) is 11.6. The van der Waals surface area contributed by atoms with E-state index in [0.29, 0.717) is 22.9 Å². The zero-order chi connectivity index (χ0) is 15.6. The van der Waals surface area contributed by atoms with E-state index in [0.717, 1.165) is 5.75 Å². The van der Waals surface area contributed by atoms with Crippen LogP contribution >= 0.6 is 23.4 Å². The maximum atomic E-state index is 12.3. The first-order valence-corrected chi connectivity index (χ1v) is 8.29. The van der Waals surface area contributed by atoms with Crippen molar-refractivity contribution in [2.24, 2.45) is 0 Å². The number of nitrogens with zero attached hydrogens (tertiary/aromatic N) is 3. The van der Waals surface area contributed by atoms with Crippen molar-refractivity contribution in [3.05, 3.63) is 47.2 Å². The van der Waals surface area contributed by atoms with Crippen LogP contribution in [0.4, 0.5) is 0 Å². The largest absolute Gasteiger partial charge is 0.332 e. The summed E-state index contributed by atoms with van der Waals surface area (Å²) in [6.07, 6.45) is 2.34. The molecule has 1 amide bonds. The van der Waals surface area contributed by atoms with E-state index in [-0.39, 0.29) is 11.6 Å². The van der Waals surface area contributed by atoms with E-state index < -0.39 is 5.54 Å². The number of carbonyl (C=O) groups excluding carboxylic acids is 1. The summed E-state index contributed by atoms with van der Waals surface area (Å²) in [5, 5.41) is 16.9. The predicted molar refractivity (Wildman–Crippen MR) is 86.3 cm³/mol. The smallest absolute Gasteiger partial charge is 0.273 e. The van der Waals surface area contributed by atoms with Crippen LogP contribution in [0.25, 0.3) is 5.69 Å². The molecule has 1 fully saturated rings. The Labute approximate surface area is 137 Å². The molecule has 3 rings (SSSR count). The molecule has 2 heterocycles. The van der Waals surface area contributed by atoms with Crippen LogP contribution in [0.1, 0.15) is 16.9 Å². The van der Waals surface area contributed by atoms with Gasteiger partial charge in [0.2, 0.25) is 0 Å². The highest BCUT2D eigenvalue weighted by Gasteiger charge is 2.36. The first kappa shape index (κ1) is 14.9.